The number of aromatic nitrogens is 2. The van der Waals surface area contributed by atoms with E-state index in [1.54, 1.807) is 0 Å². The highest BCUT2D eigenvalue weighted by molar-refractivity contribution is 5.99. The maximum absolute atomic E-state index is 12.1. The zero-order valence-electron chi connectivity index (χ0n) is 15.0. The van der Waals surface area contributed by atoms with Crippen LogP contribution in [0, 0.1) is 6.92 Å². The Morgan fingerprint density at radius 1 is 1.22 bits per heavy atom. The van der Waals surface area contributed by atoms with E-state index in [4.69, 9.17) is 0 Å². The molecule has 1 aliphatic carbocycles. The van der Waals surface area contributed by atoms with Crippen molar-refractivity contribution in [3.63, 3.8) is 0 Å². The lowest BCUT2D eigenvalue weighted by Crippen LogP contribution is -2.37. The van der Waals surface area contributed by atoms with Crippen molar-refractivity contribution in [2.45, 2.75) is 44.4 Å². The number of ketones is 1. The summed E-state index contributed by atoms with van der Waals surface area (Å²) in [4.78, 5) is 31.4. The first kappa shape index (κ1) is 19.1. The second-order valence-electron chi connectivity index (χ2n) is 7.01. The molecule has 0 spiro atoms. The number of alkyl halides is 2. The van der Waals surface area contributed by atoms with E-state index in [2.05, 4.69) is 41.2 Å². The van der Waals surface area contributed by atoms with E-state index >= 15 is 0 Å². The van der Waals surface area contributed by atoms with Gasteiger partial charge in [0, 0.05) is 24.2 Å². The molecular weight excluding hydrogens is 352 g/mol. The summed E-state index contributed by atoms with van der Waals surface area (Å²) in [6, 6.07) is 8.46. The molecule has 0 unspecified atom stereocenters. The summed E-state index contributed by atoms with van der Waals surface area (Å²) < 4.78 is 24.3. The molecular formula is C20H21F2N3O2. The number of nitrogens with one attached hydrogen (secondary N) is 1. The fraction of sp³-hybridized carbons (Fsp3) is 0.400. The van der Waals surface area contributed by atoms with E-state index < -0.39 is 24.7 Å². The minimum atomic E-state index is -3.14. The molecule has 1 aliphatic rings. The lowest BCUT2D eigenvalue weighted by atomic mass is 9.62. The number of aryl methyl sites for hydroxylation is 1. The lowest BCUT2D eigenvalue weighted by molar-refractivity contribution is -0.131. The molecule has 3 rings (SSSR count). The molecule has 27 heavy (non-hydrogen) atoms. The van der Waals surface area contributed by atoms with Crippen molar-refractivity contribution in [2.75, 3.05) is 6.54 Å². The van der Waals surface area contributed by atoms with E-state index in [9.17, 15) is 18.4 Å². The summed E-state index contributed by atoms with van der Waals surface area (Å²) in [5.41, 5.74) is 2.72. The zero-order chi connectivity index (χ0) is 19.4. The third kappa shape index (κ3) is 4.35. The normalized spacial score (nSPS) is 15.3. The molecule has 7 heteroatoms. The molecule has 0 aliphatic heterocycles. The van der Waals surface area contributed by atoms with Gasteiger partial charge in [0.15, 0.2) is 5.78 Å². The van der Waals surface area contributed by atoms with Crippen molar-refractivity contribution < 1.29 is 18.4 Å². The molecule has 0 atom stereocenters. The van der Waals surface area contributed by atoms with Crippen LogP contribution >= 0.6 is 0 Å². The summed E-state index contributed by atoms with van der Waals surface area (Å²) in [6.07, 6.45) is 3.63. The van der Waals surface area contributed by atoms with E-state index in [0.29, 0.717) is 12.2 Å². The van der Waals surface area contributed by atoms with Crippen LogP contribution in [0.2, 0.25) is 0 Å². The molecule has 1 saturated carbocycles. The molecule has 0 bridgehead atoms. The Kier molecular flexibility index (Phi) is 5.58. The highest BCUT2D eigenvalue weighted by Crippen LogP contribution is 2.45. The van der Waals surface area contributed by atoms with Crippen LogP contribution in [-0.4, -0.2) is 34.6 Å². The summed E-state index contributed by atoms with van der Waals surface area (Å²) >= 11 is 0. The number of hydrogen-bond donors (Lipinski definition) is 1. The Labute approximate surface area is 156 Å². The number of carbonyl (C=O) groups is 2. The lowest BCUT2D eigenvalue weighted by Gasteiger charge is -2.42. The van der Waals surface area contributed by atoms with Gasteiger partial charge in [0.25, 0.3) is 5.91 Å². The molecule has 1 aromatic carbocycles. The standard InChI is InChI=1S/C20H21F2N3O2/c1-13-4-2-5-15(8-13)20(6-3-7-20)9-17-23-10-14(11-24-17)16(26)12-25-19(27)18(21)22/h2,4-5,8,10-11,18H,3,6-7,9,12H2,1H3,(H,25,27). The number of benzene rings is 1. The number of Topliss-reactive ketones (excluding diaryl/α,β-unsaturated/α-hetero) is 1. The summed E-state index contributed by atoms with van der Waals surface area (Å²) in [5.74, 6) is -1.33. The van der Waals surface area contributed by atoms with Crippen molar-refractivity contribution in [3.05, 3.63) is 59.2 Å². The fourth-order valence-corrected chi connectivity index (χ4v) is 3.39. The van der Waals surface area contributed by atoms with Crippen LogP contribution in [0.4, 0.5) is 8.78 Å². The second-order valence-corrected chi connectivity index (χ2v) is 7.01. The van der Waals surface area contributed by atoms with E-state index in [0.717, 1.165) is 19.3 Å². The zero-order valence-corrected chi connectivity index (χ0v) is 15.0. The highest BCUT2D eigenvalue weighted by Gasteiger charge is 2.39. The van der Waals surface area contributed by atoms with Crippen molar-refractivity contribution in [2.24, 2.45) is 0 Å². The van der Waals surface area contributed by atoms with Crippen LogP contribution in [0.1, 0.15) is 46.6 Å². The minimum Gasteiger partial charge on any atom is -0.344 e. The SMILES string of the molecule is Cc1cccc(C2(Cc3ncc(C(=O)CNC(=O)C(F)F)cn3)CCC2)c1. The van der Waals surface area contributed by atoms with E-state index in [-0.39, 0.29) is 11.0 Å². The van der Waals surface area contributed by atoms with Gasteiger partial charge in [-0.25, -0.2) is 9.97 Å². The smallest absolute Gasteiger partial charge is 0.315 e. The molecule has 2 aromatic rings. The molecule has 1 aromatic heterocycles. The van der Waals surface area contributed by atoms with Gasteiger partial charge in [-0.05, 0) is 25.3 Å². The van der Waals surface area contributed by atoms with Gasteiger partial charge >= 0.3 is 6.43 Å². The van der Waals surface area contributed by atoms with Crippen molar-refractivity contribution in [1.29, 1.82) is 0 Å². The van der Waals surface area contributed by atoms with E-state index in [1.807, 2.05) is 5.32 Å². The molecule has 1 heterocycles. The number of nitrogens with zero attached hydrogens (tertiary/aromatic N) is 2. The van der Waals surface area contributed by atoms with Crippen LogP contribution in [0.5, 0.6) is 0 Å². The van der Waals surface area contributed by atoms with Gasteiger partial charge in [-0.15, -0.1) is 0 Å². The Hall–Kier alpha value is -2.70. The number of halogens is 2. The minimum absolute atomic E-state index is 0.0305. The van der Waals surface area contributed by atoms with Gasteiger partial charge in [0.05, 0.1) is 12.1 Å². The largest absolute Gasteiger partial charge is 0.344 e. The van der Waals surface area contributed by atoms with Gasteiger partial charge in [-0.1, -0.05) is 36.2 Å². The van der Waals surface area contributed by atoms with Crippen LogP contribution < -0.4 is 5.32 Å². The summed E-state index contributed by atoms with van der Waals surface area (Å²) in [7, 11) is 0. The fourth-order valence-electron chi connectivity index (χ4n) is 3.39. The molecule has 5 nitrogen and oxygen atoms in total. The number of amides is 1. The predicted octanol–water partition coefficient (Wildman–Crippen LogP) is 3.01. The highest BCUT2D eigenvalue weighted by atomic mass is 19.3. The predicted molar refractivity (Wildman–Crippen MR) is 95.8 cm³/mol. The first-order valence-corrected chi connectivity index (χ1v) is 8.87. The van der Waals surface area contributed by atoms with Crippen molar-refractivity contribution in [1.82, 2.24) is 15.3 Å². The molecule has 1 fully saturated rings. The van der Waals surface area contributed by atoms with Gasteiger partial charge < -0.3 is 5.32 Å². The topological polar surface area (TPSA) is 72.0 Å². The first-order valence-electron chi connectivity index (χ1n) is 8.87. The number of hydrogen-bond acceptors (Lipinski definition) is 4. The Morgan fingerprint density at radius 2 is 1.93 bits per heavy atom. The van der Waals surface area contributed by atoms with Crippen LogP contribution in [0.15, 0.2) is 36.7 Å². The summed E-state index contributed by atoms with van der Waals surface area (Å²) in [6.45, 7) is 1.57. The Bertz CT molecular complexity index is 833. The van der Waals surface area contributed by atoms with Gasteiger partial charge in [0.1, 0.15) is 5.82 Å². The monoisotopic (exact) mass is 373 g/mol. The van der Waals surface area contributed by atoms with Gasteiger partial charge in [-0.3, -0.25) is 9.59 Å². The summed E-state index contributed by atoms with van der Waals surface area (Å²) in [5, 5.41) is 1.88. The second kappa shape index (κ2) is 7.90. The maximum atomic E-state index is 12.1. The third-order valence-corrected chi connectivity index (χ3v) is 5.09. The third-order valence-electron chi connectivity index (χ3n) is 5.09. The maximum Gasteiger partial charge on any atom is 0.315 e. The molecule has 1 N–H and O–H groups in total. The quantitative estimate of drug-likeness (QED) is 0.758. The van der Waals surface area contributed by atoms with Crippen LogP contribution in [-0.2, 0) is 16.6 Å². The Balaban J connectivity index is 1.66. The molecule has 0 saturated heterocycles. The van der Waals surface area contributed by atoms with Crippen molar-refractivity contribution in [3.8, 4) is 0 Å². The number of carbonyl (C=O) groups excluding carboxylic acids is 2. The average Bonchev–Trinajstić information content (AvgIpc) is 2.62. The Morgan fingerprint density at radius 3 is 2.48 bits per heavy atom. The van der Waals surface area contributed by atoms with Crippen LogP contribution in [0.3, 0.4) is 0 Å². The number of rotatable bonds is 7. The molecule has 0 radical (unpaired) electrons. The first-order chi connectivity index (χ1) is 12.9. The van der Waals surface area contributed by atoms with Crippen molar-refractivity contribution >= 4 is 11.7 Å². The van der Waals surface area contributed by atoms with Gasteiger partial charge in [0.2, 0.25) is 0 Å². The van der Waals surface area contributed by atoms with Gasteiger partial charge in [-0.2, -0.15) is 8.78 Å². The van der Waals surface area contributed by atoms with E-state index in [1.165, 1.54) is 23.5 Å². The average molecular weight is 373 g/mol. The molecule has 1 amide bonds. The van der Waals surface area contributed by atoms with Crippen LogP contribution in [0.25, 0.3) is 0 Å². The molecule has 142 valence electrons.